The highest BCUT2D eigenvalue weighted by atomic mass is 16.7. The van der Waals surface area contributed by atoms with E-state index in [4.69, 9.17) is 9.47 Å². The summed E-state index contributed by atoms with van der Waals surface area (Å²) in [5.41, 5.74) is -2.03. The van der Waals surface area contributed by atoms with E-state index in [9.17, 15) is 45.3 Å². The molecule has 0 aromatic carbocycles. The Hall–Kier alpha value is -1.18. The third-order valence-electron chi connectivity index (χ3n) is 11.4. The minimum absolute atomic E-state index is 0.0229. The summed E-state index contributed by atoms with van der Waals surface area (Å²) < 4.78 is 11.0. The van der Waals surface area contributed by atoms with Crippen LogP contribution in [0.2, 0.25) is 0 Å². The Morgan fingerprint density at radius 2 is 1.79 bits per heavy atom. The molecule has 4 aliphatic carbocycles. The fourth-order valence-electron chi connectivity index (χ4n) is 9.35. The number of Topliss-reactive ketones (excluding diaryl/α,β-unsaturated/α-hetero) is 1. The maximum Gasteiger partial charge on any atom is 0.335 e. The standard InChI is InChI=1S/C27H42O11/c1-25-10-15(29)17(37-24-21(33)19(31)20(32)22(38-24)23(34)35)9-12(25)3-4-13-14-5-6-27(36,7-8-28)26(14,2)11-16(30)18(13)25/h12-14,16-22,24,28,30-33,36H,3-11H2,1-2H3,(H,34,35)/t12?,13-,14-,16-,17-,18+,19-,20-,21+,22-,24?,25-,26-,27-/m0/s1. The van der Waals surface area contributed by atoms with Crippen LogP contribution in [0.25, 0.3) is 0 Å². The molecule has 5 rings (SSSR count). The Kier molecular flexibility index (Phi) is 7.26. The van der Waals surface area contributed by atoms with Crippen LogP contribution in [0.3, 0.4) is 0 Å². The van der Waals surface area contributed by atoms with E-state index in [0.717, 1.165) is 19.3 Å². The molecule has 1 heterocycles. The van der Waals surface area contributed by atoms with E-state index in [2.05, 4.69) is 6.92 Å². The van der Waals surface area contributed by atoms with Gasteiger partial charge in [0, 0.05) is 18.4 Å². The van der Waals surface area contributed by atoms with Crippen molar-refractivity contribution in [3.63, 3.8) is 0 Å². The Bertz CT molecular complexity index is 944. The molecule has 216 valence electrons. The van der Waals surface area contributed by atoms with E-state index >= 15 is 0 Å². The van der Waals surface area contributed by atoms with Gasteiger partial charge in [-0.15, -0.1) is 0 Å². The molecule has 1 aliphatic heterocycles. The van der Waals surface area contributed by atoms with E-state index in [0.29, 0.717) is 19.3 Å². The van der Waals surface area contributed by atoms with Crippen LogP contribution in [0.5, 0.6) is 0 Å². The number of carbonyl (C=O) groups excluding carboxylic acids is 1. The van der Waals surface area contributed by atoms with Crippen molar-refractivity contribution in [3.05, 3.63) is 0 Å². The second-order valence-corrected chi connectivity index (χ2v) is 13.0. The number of carbonyl (C=O) groups is 2. The molecule has 2 unspecified atom stereocenters. The zero-order valence-corrected chi connectivity index (χ0v) is 22.0. The highest BCUT2D eigenvalue weighted by molar-refractivity contribution is 5.85. The SMILES string of the molecule is C[C@]12CC(=O)[C@@H](OC3O[C@H](C(=O)O)[C@@H](O)[C@H](O)[C@H]3O)CC1CC[C@@H]1[C@@H]2[C@@H](O)C[C@@]2(C)[C@H]1CC[C@]2(O)CCO. The highest BCUT2D eigenvalue weighted by Gasteiger charge is 2.67. The van der Waals surface area contributed by atoms with Gasteiger partial charge in [0.05, 0.1) is 11.7 Å². The molecule has 0 amide bonds. The van der Waals surface area contributed by atoms with Crippen molar-refractivity contribution < 1.29 is 54.8 Å². The predicted molar refractivity (Wildman–Crippen MR) is 129 cm³/mol. The van der Waals surface area contributed by atoms with E-state index in [1.165, 1.54) is 0 Å². The molecule has 4 saturated carbocycles. The second-order valence-electron chi connectivity index (χ2n) is 13.0. The first kappa shape index (κ1) is 28.4. The van der Waals surface area contributed by atoms with Crippen LogP contribution >= 0.6 is 0 Å². The van der Waals surface area contributed by atoms with Crippen molar-refractivity contribution in [2.75, 3.05) is 6.61 Å². The minimum Gasteiger partial charge on any atom is -0.479 e. The van der Waals surface area contributed by atoms with Crippen LogP contribution in [-0.2, 0) is 19.1 Å². The average Bonchev–Trinajstić information content (AvgIpc) is 3.09. The number of carboxylic acid groups (broad SMARTS) is 1. The molecule has 11 heteroatoms. The molecular weight excluding hydrogens is 500 g/mol. The summed E-state index contributed by atoms with van der Waals surface area (Å²) in [5, 5.41) is 72.3. The Balaban J connectivity index is 1.33. The van der Waals surface area contributed by atoms with Crippen LogP contribution in [0.4, 0.5) is 0 Å². The molecule has 0 bridgehead atoms. The van der Waals surface area contributed by atoms with Crippen LogP contribution in [-0.4, -0.2) is 103 Å². The second kappa shape index (κ2) is 9.73. The molecule has 0 aromatic heterocycles. The van der Waals surface area contributed by atoms with Crippen molar-refractivity contribution >= 4 is 11.8 Å². The lowest BCUT2D eigenvalue weighted by Crippen LogP contribution is -2.64. The van der Waals surface area contributed by atoms with Crippen LogP contribution in [0.15, 0.2) is 0 Å². The van der Waals surface area contributed by atoms with Crippen molar-refractivity contribution in [1.29, 1.82) is 0 Å². The third kappa shape index (κ3) is 4.08. The topological polar surface area (TPSA) is 194 Å². The number of aliphatic carboxylic acids is 1. The van der Waals surface area contributed by atoms with Gasteiger partial charge < -0.3 is 45.2 Å². The first-order valence-electron chi connectivity index (χ1n) is 13.9. The maximum atomic E-state index is 13.4. The van der Waals surface area contributed by atoms with Gasteiger partial charge in [-0.1, -0.05) is 13.8 Å². The molecule has 5 fully saturated rings. The highest BCUT2D eigenvalue weighted by Crippen LogP contribution is 2.68. The third-order valence-corrected chi connectivity index (χ3v) is 11.4. The molecule has 0 aromatic rings. The monoisotopic (exact) mass is 542 g/mol. The molecule has 38 heavy (non-hydrogen) atoms. The number of ether oxygens (including phenoxy) is 2. The molecular formula is C27H42O11. The van der Waals surface area contributed by atoms with Gasteiger partial charge in [-0.05, 0) is 74.0 Å². The minimum atomic E-state index is -1.84. The number of carboxylic acids is 1. The van der Waals surface area contributed by atoms with Crippen LogP contribution in [0, 0.1) is 34.5 Å². The molecule has 14 atom stereocenters. The van der Waals surface area contributed by atoms with E-state index < -0.39 is 65.3 Å². The summed E-state index contributed by atoms with van der Waals surface area (Å²) in [5.74, 6) is -1.55. The normalized spacial score (nSPS) is 54.6. The summed E-state index contributed by atoms with van der Waals surface area (Å²) >= 11 is 0. The molecule has 7 N–H and O–H groups in total. The number of hydrogen-bond acceptors (Lipinski definition) is 10. The lowest BCUT2D eigenvalue weighted by atomic mass is 9.43. The number of rotatable bonds is 5. The average molecular weight is 543 g/mol. The number of aliphatic hydroxyl groups is 6. The molecule has 11 nitrogen and oxygen atoms in total. The van der Waals surface area contributed by atoms with Crippen LogP contribution < -0.4 is 0 Å². The molecule has 5 aliphatic rings. The first-order valence-corrected chi connectivity index (χ1v) is 13.9. The number of fused-ring (bicyclic) bond motifs is 5. The van der Waals surface area contributed by atoms with Gasteiger partial charge in [-0.25, -0.2) is 4.79 Å². The Labute approximate surface area is 221 Å². The van der Waals surface area contributed by atoms with Gasteiger partial charge >= 0.3 is 5.97 Å². The fourth-order valence-corrected chi connectivity index (χ4v) is 9.35. The molecule has 1 saturated heterocycles. The Morgan fingerprint density at radius 1 is 1.08 bits per heavy atom. The van der Waals surface area contributed by atoms with E-state index in [-0.39, 0.29) is 48.9 Å². The Morgan fingerprint density at radius 3 is 2.45 bits per heavy atom. The summed E-state index contributed by atoms with van der Waals surface area (Å²) in [6.07, 6.45) is -6.30. The van der Waals surface area contributed by atoms with Gasteiger partial charge in [0.25, 0.3) is 0 Å². The number of hydrogen-bond donors (Lipinski definition) is 7. The number of aliphatic hydroxyl groups excluding tert-OH is 5. The summed E-state index contributed by atoms with van der Waals surface area (Å²) in [4.78, 5) is 24.9. The summed E-state index contributed by atoms with van der Waals surface area (Å²) in [6.45, 7) is 3.98. The maximum absolute atomic E-state index is 13.4. The van der Waals surface area contributed by atoms with Gasteiger partial charge in [0.2, 0.25) is 0 Å². The predicted octanol–water partition coefficient (Wildman–Crippen LogP) is -0.430. The summed E-state index contributed by atoms with van der Waals surface area (Å²) in [7, 11) is 0. The lowest BCUT2D eigenvalue weighted by molar-refractivity contribution is -0.305. The van der Waals surface area contributed by atoms with Crippen molar-refractivity contribution in [1.82, 2.24) is 0 Å². The van der Waals surface area contributed by atoms with Crippen molar-refractivity contribution in [3.8, 4) is 0 Å². The summed E-state index contributed by atoms with van der Waals surface area (Å²) in [6, 6.07) is 0. The van der Waals surface area contributed by atoms with E-state index in [1.807, 2.05) is 6.92 Å². The first-order chi connectivity index (χ1) is 17.8. The van der Waals surface area contributed by atoms with Crippen molar-refractivity contribution in [2.24, 2.45) is 34.5 Å². The smallest absolute Gasteiger partial charge is 0.335 e. The molecule has 0 radical (unpaired) electrons. The lowest BCUT2D eigenvalue weighted by Gasteiger charge is -2.63. The van der Waals surface area contributed by atoms with Gasteiger partial charge in [0.1, 0.15) is 24.4 Å². The molecule has 0 spiro atoms. The number of ketones is 1. The van der Waals surface area contributed by atoms with Gasteiger partial charge in [-0.3, -0.25) is 4.79 Å². The fraction of sp³-hybridized carbons (Fsp3) is 0.926. The van der Waals surface area contributed by atoms with Gasteiger partial charge in [-0.2, -0.15) is 0 Å². The largest absolute Gasteiger partial charge is 0.479 e. The van der Waals surface area contributed by atoms with Crippen molar-refractivity contribution in [2.45, 2.75) is 114 Å². The zero-order valence-electron chi connectivity index (χ0n) is 22.0. The quantitative estimate of drug-likeness (QED) is 0.223. The van der Waals surface area contributed by atoms with E-state index in [1.54, 1.807) is 0 Å². The van der Waals surface area contributed by atoms with Crippen LogP contribution in [0.1, 0.15) is 65.2 Å². The zero-order chi connectivity index (χ0) is 27.8. The van der Waals surface area contributed by atoms with Gasteiger partial charge in [0.15, 0.2) is 18.2 Å².